The van der Waals surface area contributed by atoms with E-state index in [1.165, 1.54) is 22.7 Å². The van der Waals surface area contributed by atoms with Gasteiger partial charge < -0.3 is 0 Å². The van der Waals surface area contributed by atoms with Gasteiger partial charge in [0.2, 0.25) is 0 Å². The third-order valence-corrected chi connectivity index (χ3v) is 10.7. The van der Waals surface area contributed by atoms with Crippen LogP contribution in [0.5, 0.6) is 0 Å². The number of allylic oxidation sites excluding steroid dienone is 2. The lowest BCUT2D eigenvalue weighted by Gasteiger charge is -1.93. The summed E-state index contributed by atoms with van der Waals surface area (Å²) in [5.74, 6) is 0. The van der Waals surface area contributed by atoms with E-state index in [-0.39, 0.29) is 0 Å². The Morgan fingerprint density at radius 3 is 1.27 bits per heavy atom. The monoisotopic (exact) mass is 564 g/mol. The Bertz CT molecular complexity index is 1710. The Balaban J connectivity index is 1.36. The maximum absolute atomic E-state index is 9.60. The molecule has 174 valence electrons. The highest BCUT2D eigenvalue weighted by Gasteiger charge is 2.12. The van der Waals surface area contributed by atoms with Crippen molar-refractivity contribution in [1.29, 1.82) is 21.0 Å². The lowest BCUT2D eigenvalue weighted by Crippen LogP contribution is -1.73. The van der Waals surface area contributed by atoms with Gasteiger partial charge in [0.15, 0.2) is 0 Å². The third-order valence-electron chi connectivity index (χ3n) is 5.12. The first-order chi connectivity index (χ1) is 18.1. The average molecular weight is 565 g/mol. The smallest absolute Gasteiger partial charge is 0.110 e. The van der Waals surface area contributed by atoms with E-state index in [1.54, 1.807) is 46.1 Å². The number of thiophene rings is 5. The van der Waals surface area contributed by atoms with E-state index in [0.717, 1.165) is 39.0 Å². The fourth-order valence-corrected chi connectivity index (χ4v) is 8.04. The topological polar surface area (TPSA) is 95.2 Å². The average Bonchev–Trinajstić information content (AvgIpc) is 3.74. The second kappa shape index (κ2) is 10.9. The van der Waals surface area contributed by atoms with Crippen molar-refractivity contribution in [1.82, 2.24) is 0 Å². The van der Waals surface area contributed by atoms with Crippen molar-refractivity contribution in [2.45, 2.75) is 0 Å². The molecule has 0 fully saturated rings. The molecule has 0 saturated carbocycles. The first kappa shape index (κ1) is 24.6. The molecule has 0 aliphatic carbocycles. The maximum Gasteiger partial charge on any atom is 0.110 e. The maximum atomic E-state index is 9.60. The predicted molar refractivity (Wildman–Crippen MR) is 156 cm³/mol. The molecule has 0 aromatic carbocycles. The molecule has 0 saturated heterocycles. The molecule has 5 aromatic heterocycles. The summed E-state index contributed by atoms with van der Waals surface area (Å²) in [6, 6.07) is 28.2. The van der Waals surface area contributed by atoms with Crippen LogP contribution >= 0.6 is 56.7 Å². The van der Waals surface area contributed by atoms with Crippen molar-refractivity contribution < 1.29 is 0 Å². The molecule has 37 heavy (non-hydrogen) atoms. The standard InChI is InChI=1S/C28H12N4S5/c29-13-17(23-5-3-21(15-31)35-23)11-19-1-7-25(33-19)27-9-10-28(37-27)26-8-2-20(34-26)12-18(14-30)24-6-4-22(16-32)36-24/h1-12H. The van der Waals surface area contributed by atoms with Crippen LogP contribution in [0.15, 0.2) is 60.7 Å². The number of nitrogens with zero attached hydrogens (tertiary/aromatic N) is 4. The van der Waals surface area contributed by atoms with Crippen LogP contribution in [0.1, 0.15) is 29.3 Å². The van der Waals surface area contributed by atoms with Gasteiger partial charge in [-0.15, -0.1) is 56.7 Å². The van der Waals surface area contributed by atoms with Gasteiger partial charge in [-0.05, 0) is 72.8 Å². The molecule has 0 atom stereocenters. The lowest BCUT2D eigenvalue weighted by atomic mass is 10.2. The molecule has 0 spiro atoms. The van der Waals surface area contributed by atoms with Crippen molar-refractivity contribution in [3.63, 3.8) is 0 Å². The van der Waals surface area contributed by atoms with Gasteiger partial charge in [-0.2, -0.15) is 21.0 Å². The summed E-state index contributed by atoms with van der Waals surface area (Å²) in [5, 5.41) is 37.3. The lowest BCUT2D eigenvalue weighted by molar-refractivity contribution is 1.52. The molecule has 0 bridgehead atoms. The molecule has 0 N–H and O–H groups in total. The number of rotatable bonds is 6. The van der Waals surface area contributed by atoms with Crippen molar-refractivity contribution in [3.05, 3.63) is 89.9 Å². The quantitative estimate of drug-likeness (QED) is 0.192. The predicted octanol–water partition coefficient (Wildman–Crippen LogP) is 9.20. The Labute approximate surface area is 233 Å². The zero-order valence-corrected chi connectivity index (χ0v) is 22.8. The van der Waals surface area contributed by atoms with Gasteiger partial charge in [0.05, 0.1) is 11.1 Å². The van der Waals surface area contributed by atoms with Gasteiger partial charge in [-0.1, -0.05) is 0 Å². The highest BCUT2D eigenvalue weighted by Crippen LogP contribution is 2.41. The van der Waals surface area contributed by atoms with Gasteiger partial charge in [0, 0.05) is 39.0 Å². The fourth-order valence-electron chi connectivity index (χ4n) is 3.42. The first-order valence-corrected chi connectivity index (χ1v) is 14.7. The minimum absolute atomic E-state index is 0.550. The molecular formula is C28H12N4S5. The zero-order chi connectivity index (χ0) is 25.8. The summed E-state index contributed by atoms with van der Waals surface area (Å²) in [6.07, 6.45) is 3.74. The molecule has 5 rings (SSSR count). The van der Waals surface area contributed by atoms with Crippen LogP contribution < -0.4 is 0 Å². The van der Waals surface area contributed by atoms with E-state index in [1.807, 2.05) is 36.4 Å². The summed E-state index contributed by atoms with van der Waals surface area (Å²) in [7, 11) is 0. The highest BCUT2D eigenvalue weighted by atomic mass is 32.1. The van der Waals surface area contributed by atoms with E-state index in [2.05, 4.69) is 48.5 Å². The van der Waals surface area contributed by atoms with Gasteiger partial charge in [-0.25, -0.2) is 0 Å². The minimum Gasteiger partial charge on any atom is -0.192 e. The third kappa shape index (κ3) is 5.38. The van der Waals surface area contributed by atoms with Crippen LogP contribution in [-0.4, -0.2) is 0 Å². The summed E-state index contributed by atoms with van der Waals surface area (Å²) in [6.45, 7) is 0. The Morgan fingerprint density at radius 2 is 0.892 bits per heavy atom. The molecule has 5 aromatic rings. The summed E-state index contributed by atoms with van der Waals surface area (Å²) in [5.41, 5.74) is 1.10. The Morgan fingerprint density at radius 1 is 0.486 bits per heavy atom. The van der Waals surface area contributed by atoms with Crippen LogP contribution in [0.2, 0.25) is 0 Å². The fraction of sp³-hybridized carbons (Fsp3) is 0. The summed E-state index contributed by atoms with van der Waals surface area (Å²) < 4.78 is 0. The summed E-state index contributed by atoms with van der Waals surface area (Å²) >= 11 is 7.58. The van der Waals surface area contributed by atoms with Crippen molar-refractivity contribution in [3.8, 4) is 43.8 Å². The summed E-state index contributed by atoms with van der Waals surface area (Å²) in [4.78, 5) is 9.26. The molecule has 0 radical (unpaired) electrons. The van der Waals surface area contributed by atoms with E-state index in [9.17, 15) is 10.5 Å². The van der Waals surface area contributed by atoms with Gasteiger partial charge >= 0.3 is 0 Å². The Kier molecular flexibility index (Phi) is 7.26. The van der Waals surface area contributed by atoms with Crippen molar-refractivity contribution in [2.75, 3.05) is 0 Å². The Hall–Kier alpha value is -4.06. The second-order valence-corrected chi connectivity index (χ2v) is 12.9. The zero-order valence-electron chi connectivity index (χ0n) is 18.8. The molecule has 0 aliphatic rings. The molecule has 0 amide bonds. The van der Waals surface area contributed by atoms with E-state index in [4.69, 9.17) is 10.5 Å². The van der Waals surface area contributed by atoms with Crippen LogP contribution in [0.25, 0.3) is 42.8 Å². The van der Waals surface area contributed by atoms with E-state index < -0.39 is 0 Å². The van der Waals surface area contributed by atoms with Crippen molar-refractivity contribution >= 4 is 80.0 Å². The number of hydrogen-bond acceptors (Lipinski definition) is 9. The van der Waals surface area contributed by atoms with Crippen LogP contribution in [0.4, 0.5) is 0 Å². The molecule has 0 aliphatic heterocycles. The van der Waals surface area contributed by atoms with Crippen LogP contribution in [-0.2, 0) is 0 Å². The van der Waals surface area contributed by atoms with E-state index >= 15 is 0 Å². The van der Waals surface area contributed by atoms with Gasteiger partial charge in [-0.3, -0.25) is 0 Å². The number of hydrogen-bond donors (Lipinski definition) is 0. The molecule has 9 heteroatoms. The van der Waals surface area contributed by atoms with Crippen LogP contribution in [0, 0.1) is 45.3 Å². The normalized spacial score (nSPS) is 11.5. The minimum atomic E-state index is 0.550. The SMILES string of the molecule is N#CC(=Cc1ccc(-c2ccc(-c3ccc(C=C(C#N)c4ccc(C#N)s4)s3)s2)s1)c1ccc(C#N)s1. The van der Waals surface area contributed by atoms with Gasteiger partial charge in [0.1, 0.15) is 34.0 Å². The molecule has 4 nitrogen and oxygen atoms in total. The largest absolute Gasteiger partial charge is 0.192 e. The molecule has 5 heterocycles. The highest BCUT2D eigenvalue weighted by molar-refractivity contribution is 7.26. The molecule has 0 unspecified atom stereocenters. The number of nitriles is 4. The first-order valence-electron chi connectivity index (χ1n) is 10.6. The second-order valence-electron chi connectivity index (χ2n) is 7.46. The van der Waals surface area contributed by atoms with Gasteiger partial charge in [0.25, 0.3) is 0 Å². The van der Waals surface area contributed by atoms with Crippen LogP contribution in [0.3, 0.4) is 0 Å². The van der Waals surface area contributed by atoms with E-state index in [0.29, 0.717) is 20.9 Å². The van der Waals surface area contributed by atoms with Crippen molar-refractivity contribution in [2.24, 2.45) is 0 Å². The molecular weight excluding hydrogens is 553 g/mol.